The van der Waals surface area contributed by atoms with Crippen LogP contribution < -0.4 is 5.73 Å². The van der Waals surface area contributed by atoms with Gasteiger partial charge in [-0.15, -0.1) is 11.3 Å². The van der Waals surface area contributed by atoms with Crippen LogP contribution in [0.25, 0.3) is 10.4 Å². The van der Waals surface area contributed by atoms with Crippen LogP contribution in [0.3, 0.4) is 0 Å². The van der Waals surface area contributed by atoms with Crippen molar-refractivity contribution in [2.45, 2.75) is 19.4 Å². The molecule has 0 aliphatic rings. The van der Waals surface area contributed by atoms with Crippen LogP contribution in [0, 0.1) is 11.6 Å². The zero-order chi connectivity index (χ0) is 13.3. The number of hydrogen-bond donors (Lipinski definition) is 1. The lowest BCUT2D eigenvalue weighted by Crippen LogP contribution is -2.05. The summed E-state index contributed by atoms with van der Waals surface area (Å²) in [5.74, 6) is -1.16. The molecule has 2 rings (SSSR count). The van der Waals surface area contributed by atoms with Gasteiger partial charge in [-0.25, -0.2) is 8.78 Å². The van der Waals surface area contributed by atoms with E-state index in [1.165, 1.54) is 17.4 Å². The zero-order valence-corrected chi connectivity index (χ0v) is 12.1. The Morgan fingerprint density at radius 3 is 2.67 bits per heavy atom. The Kier molecular flexibility index (Phi) is 4.14. The average Bonchev–Trinajstić information content (AvgIpc) is 2.82. The van der Waals surface area contributed by atoms with E-state index >= 15 is 0 Å². The normalized spacial score (nSPS) is 12.7. The molecule has 0 aliphatic heterocycles. The monoisotopic (exact) mass is 331 g/mol. The van der Waals surface area contributed by atoms with Gasteiger partial charge in [-0.2, -0.15) is 0 Å². The van der Waals surface area contributed by atoms with Crippen LogP contribution in [0.4, 0.5) is 8.78 Å². The largest absolute Gasteiger partial charge is 0.323 e. The molecule has 0 saturated heterocycles. The third-order valence-corrected chi connectivity index (χ3v) is 4.57. The fourth-order valence-corrected chi connectivity index (χ4v) is 3.06. The van der Waals surface area contributed by atoms with Crippen LogP contribution in [0.2, 0.25) is 0 Å². The Hall–Kier alpha value is -0.780. The predicted octanol–water partition coefficient (Wildman–Crippen LogP) is 4.87. The minimum atomic E-state index is -0.599. The number of nitrogens with two attached hydrogens (primary N) is 1. The highest BCUT2D eigenvalue weighted by molar-refractivity contribution is 9.10. The van der Waals surface area contributed by atoms with E-state index in [-0.39, 0.29) is 10.5 Å². The van der Waals surface area contributed by atoms with Gasteiger partial charge in [0.05, 0.1) is 4.47 Å². The van der Waals surface area contributed by atoms with Crippen molar-refractivity contribution < 1.29 is 8.78 Å². The van der Waals surface area contributed by atoms with E-state index in [9.17, 15) is 8.78 Å². The summed E-state index contributed by atoms with van der Waals surface area (Å²) in [6.45, 7) is 2.00. The first-order valence-corrected chi connectivity index (χ1v) is 7.14. The Bertz CT molecular complexity index is 568. The molecule has 2 aromatic rings. The van der Waals surface area contributed by atoms with Crippen LogP contribution in [0.5, 0.6) is 0 Å². The Morgan fingerprint density at radius 1 is 1.28 bits per heavy atom. The Labute approximate surface area is 117 Å². The molecule has 0 spiro atoms. The van der Waals surface area contributed by atoms with Crippen LogP contribution in [-0.4, -0.2) is 0 Å². The molecular weight excluding hydrogens is 320 g/mol. The van der Waals surface area contributed by atoms with Crippen molar-refractivity contribution in [1.82, 2.24) is 0 Å². The second kappa shape index (κ2) is 5.47. The van der Waals surface area contributed by atoms with E-state index in [1.807, 2.05) is 19.1 Å². The van der Waals surface area contributed by atoms with E-state index in [0.717, 1.165) is 22.2 Å². The average molecular weight is 332 g/mol. The highest BCUT2D eigenvalue weighted by Crippen LogP contribution is 2.35. The highest BCUT2D eigenvalue weighted by atomic mass is 79.9. The lowest BCUT2D eigenvalue weighted by atomic mass is 10.1. The van der Waals surface area contributed by atoms with Crippen molar-refractivity contribution in [3.8, 4) is 10.4 Å². The van der Waals surface area contributed by atoms with E-state index < -0.39 is 11.6 Å². The van der Waals surface area contributed by atoms with Gasteiger partial charge in [0.2, 0.25) is 0 Å². The molecule has 1 aromatic carbocycles. The Balaban J connectivity index is 2.43. The SMILES string of the molecule is CCC(N)c1ccc(-c2cc(Br)c(F)cc2F)s1. The van der Waals surface area contributed by atoms with Gasteiger partial charge >= 0.3 is 0 Å². The summed E-state index contributed by atoms with van der Waals surface area (Å²) in [4.78, 5) is 1.76. The van der Waals surface area contributed by atoms with Gasteiger partial charge in [0, 0.05) is 27.4 Å². The molecule has 18 heavy (non-hydrogen) atoms. The number of thiophene rings is 1. The van der Waals surface area contributed by atoms with Crippen LogP contribution in [-0.2, 0) is 0 Å². The van der Waals surface area contributed by atoms with Gasteiger partial charge in [0.1, 0.15) is 11.6 Å². The fraction of sp³-hybridized carbons (Fsp3) is 0.231. The molecule has 1 aromatic heterocycles. The van der Waals surface area contributed by atoms with Crippen molar-refractivity contribution in [1.29, 1.82) is 0 Å². The topological polar surface area (TPSA) is 26.0 Å². The van der Waals surface area contributed by atoms with E-state index in [4.69, 9.17) is 5.73 Å². The number of benzene rings is 1. The van der Waals surface area contributed by atoms with Crippen molar-refractivity contribution in [3.63, 3.8) is 0 Å². The van der Waals surface area contributed by atoms with Crippen LogP contribution in [0.1, 0.15) is 24.3 Å². The predicted molar refractivity (Wildman–Crippen MR) is 74.6 cm³/mol. The van der Waals surface area contributed by atoms with Crippen LogP contribution >= 0.6 is 27.3 Å². The Morgan fingerprint density at radius 2 is 2.00 bits per heavy atom. The van der Waals surface area contributed by atoms with Crippen molar-refractivity contribution in [3.05, 3.63) is 45.2 Å². The second-order valence-corrected chi connectivity index (χ2v) is 5.93. The highest BCUT2D eigenvalue weighted by Gasteiger charge is 2.13. The summed E-state index contributed by atoms with van der Waals surface area (Å²) < 4.78 is 27.1. The molecule has 2 N–H and O–H groups in total. The smallest absolute Gasteiger partial charge is 0.140 e. The van der Waals surface area contributed by atoms with Gasteiger partial charge < -0.3 is 5.73 Å². The fourth-order valence-electron chi connectivity index (χ4n) is 1.61. The lowest BCUT2D eigenvalue weighted by molar-refractivity contribution is 0.581. The van der Waals surface area contributed by atoms with Gasteiger partial charge in [-0.1, -0.05) is 6.92 Å². The standard InChI is InChI=1S/C13H12BrF2NS/c1-2-11(17)13-4-3-12(18-13)7-5-8(14)10(16)6-9(7)15/h3-6,11H,2,17H2,1H3. The first-order valence-electron chi connectivity index (χ1n) is 5.53. The molecule has 0 amide bonds. The van der Waals surface area contributed by atoms with Crippen LogP contribution in [0.15, 0.2) is 28.7 Å². The van der Waals surface area contributed by atoms with Gasteiger partial charge in [0.25, 0.3) is 0 Å². The summed E-state index contributed by atoms with van der Waals surface area (Å²) in [7, 11) is 0. The van der Waals surface area contributed by atoms with Crippen molar-refractivity contribution in [2.75, 3.05) is 0 Å². The molecule has 1 unspecified atom stereocenters. The number of rotatable bonds is 3. The molecule has 0 radical (unpaired) electrons. The molecule has 1 atom stereocenters. The molecule has 1 nitrogen and oxygen atoms in total. The van der Waals surface area contributed by atoms with Gasteiger partial charge in [-0.05, 0) is 40.5 Å². The quantitative estimate of drug-likeness (QED) is 0.798. The zero-order valence-electron chi connectivity index (χ0n) is 9.71. The summed E-state index contributed by atoms with van der Waals surface area (Å²) in [6, 6.07) is 6.02. The maximum absolute atomic E-state index is 13.7. The number of hydrogen-bond acceptors (Lipinski definition) is 2. The maximum atomic E-state index is 13.7. The minimum absolute atomic E-state index is 0.0318. The summed E-state index contributed by atoms with van der Waals surface area (Å²) in [6.07, 6.45) is 0.829. The van der Waals surface area contributed by atoms with Gasteiger partial charge in [-0.3, -0.25) is 0 Å². The van der Waals surface area contributed by atoms with E-state index in [1.54, 1.807) is 0 Å². The molecular formula is C13H12BrF2NS. The molecule has 96 valence electrons. The first-order chi connectivity index (χ1) is 8.52. The summed E-state index contributed by atoms with van der Waals surface area (Å²) in [5.41, 5.74) is 6.32. The van der Waals surface area contributed by atoms with Crippen molar-refractivity contribution >= 4 is 27.3 Å². The van der Waals surface area contributed by atoms with E-state index in [0.29, 0.717) is 5.56 Å². The second-order valence-electron chi connectivity index (χ2n) is 3.96. The first kappa shape index (κ1) is 13.6. The maximum Gasteiger partial charge on any atom is 0.140 e. The number of halogens is 3. The van der Waals surface area contributed by atoms with Crippen molar-refractivity contribution in [2.24, 2.45) is 5.73 Å². The van der Waals surface area contributed by atoms with E-state index in [2.05, 4.69) is 15.9 Å². The lowest BCUT2D eigenvalue weighted by Gasteiger charge is -2.05. The molecule has 0 aliphatic carbocycles. The third kappa shape index (κ3) is 2.63. The van der Waals surface area contributed by atoms with Gasteiger partial charge in [0.15, 0.2) is 0 Å². The minimum Gasteiger partial charge on any atom is -0.323 e. The third-order valence-electron chi connectivity index (χ3n) is 2.71. The summed E-state index contributed by atoms with van der Waals surface area (Å²) >= 11 is 4.50. The summed E-state index contributed by atoms with van der Waals surface area (Å²) in [5, 5.41) is 0. The molecule has 0 bridgehead atoms. The molecule has 1 heterocycles. The molecule has 5 heteroatoms. The molecule has 0 fully saturated rings. The molecule has 0 saturated carbocycles.